The molecule has 0 aliphatic heterocycles. The van der Waals surface area contributed by atoms with Gasteiger partial charge in [-0.2, -0.15) is 5.10 Å². The van der Waals surface area contributed by atoms with Crippen LogP contribution < -0.4 is 5.32 Å². The molecule has 0 spiro atoms. The van der Waals surface area contributed by atoms with Crippen molar-refractivity contribution in [2.24, 2.45) is 0 Å². The van der Waals surface area contributed by atoms with Gasteiger partial charge in [-0.3, -0.25) is 9.48 Å². The topological polar surface area (TPSA) is 46.9 Å². The Kier molecular flexibility index (Phi) is 3.41. The molecule has 18 heavy (non-hydrogen) atoms. The number of hydrogen-bond acceptors (Lipinski definition) is 2. The fourth-order valence-electron chi connectivity index (χ4n) is 1.60. The van der Waals surface area contributed by atoms with E-state index >= 15 is 0 Å². The summed E-state index contributed by atoms with van der Waals surface area (Å²) < 4.78 is 14.6. The molecule has 1 unspecified atom stereocenters. The van der Waals surface area contributed by atoms with Gasteiger partial charge in [-0.25, -0.2) is 4.39 Å². The maximum Gasteiger partial charge on any atom is 0.248 e. The summed E-state index contributed by atoms with van der Waals surface area (Å²) in [4.78, 5) is 12.0. The summed E-state index contributed by atoms with van der Waals surface area (Å²) in [6.07, 6.45) is 3.32. The van der Waals surface area contributed by atoms with Gasteiger partial charge in [0.15, 0.2) is 0 Å². The van der Waals surface area contributed by atoms with Crippen molar-refractivity contribution in [1.29, 1.82) is 0 Å². The fraction of sp³-hybridized carbons (Fsp3) is 0.231. The van der Waals surface area contributed by atoms with Gasteiger partial charge in [0.25, 0.3) is 0 Å². The molecule has 2 aromatic rings. The van der Waals surface area contributed by atoms with Crippen LogP contribution in [0.4, 0.5) is 10.1 Å². The Labute approximate surface area is 104 Å². The highest BCUT2D eigenvalue weighted by Crippen LogP contribution is 2.17. The van der Waals surface area contributed by atoms with Crippen molar-refractivity contribution >= 4 is 11.6 Å². The van der Waals surface area contributed by atoms with Crippen LogP contribution in [0.2, 0.25) is 0 Å². The summed E-state index contributed by atoms with van der Waals surface area (Å²) >= 11 is 0. The van der Waals surface area contributed by atoms with Gasteiger partial charge < -0.3 is 5.32 Å². The van der Waals surface area contributed by atoms with Crippen LogP contribution in [-0.4, -0.2) is 15.7 Å². The maximum absolute atomic E-state index is 13.1. The highest BCUT2D eigenvalue weighted by atomic mass is 19.1. The number of carbonyl (C=O) groups excluding carboxylic acids is 1. The summed E-state index contributed by atoms with van der Waals surface area (Å²) in [5.41, 5.74) is 1.30. The molecule has 1 atom stereocenters. The van der Waals surface area contributed by atoms with Crippen LogP contribution in [0.15, 0.2) is 36.7 Å². The van der Waals surface area contributed by atoms with E-state index < -0.39 is 6.04 Å². The number of aromatic nitrogens is 2. The molecular formula is C13H14FN3O. The van der Waals surface area contributed by atoms with E-state index in [-0.39, 0.29) is 11.7 Å². The van der Waals surface area contributed by atoms with E-state index in [9.17, 15) is 9.18 Å². The van der Waals surface area contributed by atoms with Crippen LogP contribution in [0.25, 0.3) is 0 Å². The number of anilines is 1. The van der Waals surface area contributed by atoms with Crippen LogP contribution in [-0.2, 0) is 4.79 Å². The summed E-state index contributed by atoms with van der Waals surface area (Å²) in [5, 5.41) is 6.70. The number of amides is 1. The first-order valence-corrected chi connectivity index (χ1v) is 5.64. The first-order valence-electron chi connectivity index (χ1n) is 5.64. The minimum Gasteiger partial charge on any atom is -0.324 e. The Hall–Kier alpha value is -2.17. The predicted molar refractivity (Wildman–Crippen MR) is 66.7 cm³/mol. The predicted octanol–water partition coefficient (Wildman–Crippen LogP) is 2.53. The molecule has 0 radical (unpaired) electrons. The molecule has 0 bridgehead atoms. The van der Waals surface area contributed by atoms with Gasteiger partial charge in [-0.1, -0.05) is 6.07 Å². The molecule has 0 fully saturated rings. The number of halogens is 1. The third-order valence-electron chi connectivity index (χ3n) is 2.76. The first kappa shape index (κ1) is 12.3. The Morgan fingerprint density at radius 1 is 1.50 bits per heavy atom. The van der Waals surface area contributed by atoms with E-state index in [1.54, 1.807) is 36.1 Å². The zero-order chi connectivity index (χ0) is 13.1. The zero-order valence-corrected chi connectivity index (χ0v) is 10.2. The van der Waals surface area contributed by atoms with E-state index in [4.69, 9.17) is 0 Å². The van der Waals surface area contributed by atoms with Crippen LogP contribution in [0.3, 0.4) is 0 Å². The lowest BCUT2D eigenvalue weighted by Crippen LogP contribution is -2.24. The van der Waals surface area contributed by atoms with E-state index in [1.807, 2.05) is 6.92 Å². The van der Waals surface area contributed by atoms with Crippen molar-refractivity contribution in [2.45, 2.75) is 19.9 Å². The second-order valence-electron chi connectivity index (χ2n) is 4.11. The minimum absolute atomic E-state index is 0.229. The molecular weight excluding hydrogens is 233 g/mol. The molecule has 1 N–H and O–H groups in total. The summed E-state index contributed by atoms with van der Waals surface area (Å²) in [6, 6.07) is 5.61. The largest absolute Gasteiger partial charge is 0.324 e. The van der Waals surface area contributed by atoms with Crippen LogP contribution in [0, 0.1) is 12.7 Å². The van der Waals surface area contributed by atoms with Crippen molar-refractivity contribution in [2.75, 3.05) is 5.32 Å². The summed E-state index contributed by atoms with van der Waals surface area (Å²) in [5.74, 6) is -0.602. The first-order chi connectivity index (χ1) is 8.58. The molecule has 1 heterocycles. The molecule has 1 aromatic carbocycles. The number of hydrogen-bond donors (Lipinski definition) is 1. The smallest absolute Gasteiger partial charge is 0.248 e. The Morgan fingerprint density at radius 3 is 2.94 bits per heavy atom. The van der Waals surface area contributed by atoms with Gasteiger partial charge >= 0.3 is 0 Å². The molecule has 1 aromatic heterocycles. The molecule has 0 saturated heterocycles. The fourth-order valence-corrected chi connectivity index (χ4v) is 1.60. The monoisotopic (exact) mass is 247 g/mol. The maximum atomic E-state index is 13.1. The van der Waals surface area contributed by atoms with Crippen molar-refractivity contribution in [3.63, 3.8) is 0 Å². The van der Waals surface area contributed by atoms with E-state index in [2.05, 4.69) is 10.4 Å². The highest BCUT2D eigenvalue weighted by Gasteiger charge is 2.15. The minimum atomic E-state index is -0.442. The van der Waals surface area contributed by atoms with Crippen molar-refractivity contribution < 1.29 is 9.18 Å². The normalized spacial score (nSPS) is 12.2. The molecule has 2 rings (SSSR count). The third-order valence-corrected chi connectivity index (χ3v) is 2.76. The molecule has 94 valence electrons. The Balaban J connectivity index is 2.14. The van der Waals surface area contributed by atoms with Gasteiger partial charge in [0.1, 0.15) is 11.9 Å². The molecule has 1 amide bonds. The second kappa shape index (κ2) is 5.00. The lowest BCUT2D eigenvalue weighted by Gasteiger charge is -2.14. The summed E-state index contributed by atoms with van der Waals surface area (Å²) in [7, 11) is 0. The van der Waals surface area contributed by atoms with Crippen LogP contribution in [0.1, 0.15) is 18.5 Å². The van der Waals surface area contributed by atoms with Crippen molar-refractivity contribution in [1.82, 2.24) is 9.78 Å². The number of carbonyl (C=O) groups is 1. The van der Waals surface area contributed by atoms with E-state index in [0.29, 0.717) is 5.69 Å². The number of rotatable bonds is 3. The number of aryl methyl sites for hydroxylation is 1. The third kappa shape index (κ3) is 2.56. The van der Waals surface area contributed by atoms with Gasteiger partial charge in [0, 0.05) is 18.1 Å². The lowest BCUT2D eigenvalue weighted by molar-refractivity contribution is -0.119. The molecule has 0 saturated carbocycles. The molecule has 5 heteroatoms. The second-order valence-corrected chi connectivity index (χ2v) is 4.11. The number of nitrogens with one attached hydrogen (secondary N) is 1. The van der Waals surface area contributed by atoms with E-state index in [0.717, 1.165) is 5.56 Å². The summed E-state index contributed by atoms with van der Waals surface area (Å²) in [6.45, 7) is 3.55. The van der Waals surface area contributed by atoms with Gasteiger partial charge in [0.05, 0.1) is 0 Å². The van der Waals surface area contributed by atoms with E-state index in [1.165, 1.54) is 12.1 Å². The number of benzene rings is 1. The molecule has 4 nitrogen and oxygen atoms in total. The average Bonchev–Trinajstić information content (AvgIpc) is 2.86. The average molecular weight is 247 g/mol. The number of nitrogens with zero attached hydrogens (tertiary/aromatic N) is 2. The van der Waals surface area contributed by atoms with Gasteiger partial charge in [-0.15, -0.1) is 0 Å². The zero-order valence-electron chi connectivity index (χ0n) is 10.2. The molecule has 0 aliphatic carbocycles. The standard InChI is InChI=1S/C13H14FN3O/c1-9-4-5-11(14)8-12(9)16-13(18)10(2)17-7-3-6-15-17/h3-8,10H,1-2H3,(H,16,18). The highest BCUT2D eigenvalue weighted by molar-refractivity contribution is 5.94. The van der Waals surface area contributed by atoms with Crippen LogP contribution >= 0.6 is 0 Å². The SMILES string of the molecule is Cc1ccc(F)cc1NC(=O)C(C)n1cccn1. The Bertz CT molecular complexity index is 551. The molecule has 0 aliphatic rings. The Morgan fingerprint density at radius 2 is 2.28 bits per heavy atom. The van der Waals surface area contributed by atoms with Gasteiger partial charge in [0.2, 0.25) is 5.91 Å². The quantitative estimate of drug-likeness (QED) is 0.906. The van der Waals surface area contributed by atoms with Crippen molar-refractivity contribution in [3.05, 3.63) is 48.0 Å². The van der Waals surface area contributed by atoms with Gasteiger partial charge in [-0.05, 0) is 37.6 Å². The van der Waals surface area contributed by atoms with Crippen LogP contribution in [0.5, 0.6) is 0 Å². The van der Waals surface area contributed by atoms with Crippen molar-refractivity contribution in [3.8, 4) is 0 Å². The lowest BCUT2D eigenvalue weighted by atomic mass is 10.2.